The summed E-state index contributed by atoms with van der Waals surface area (Å²) in [5.74, 6) is -0.213. The molecule has 2 fully saturated rings. The first kappa shape index (κ1) is 19.4. The Hall–Kier alpha value is -2.41. The van der Waals surface area contributed by atoms with Gasteiger partial charge in [0.05, 0.1) is 6.61 Å². The third-order valence-electron chi connectivity index (χ3n) is 5.28. The van der Waals surface area contributed by atoms with Gasteiger partial charge >= 0.3 is 6.03 Å². The molecule has 1 saturated heterocycles. The first-order valence-corrected chi connectivity index (χ1v) is 9.52. The molecule has 1 saturated carbocycles. The molecule has 27 heavy (non-hydrogen) atoms. The Morgan fingerprint density at radius 2 is 2.00 bits per heavy atom. The van der Waals surface area contributed by atoms with Crippen LogP contribution in [0, 0.1) is 0 Å². The van der Waals surface area contributed by atoms with Gasteiger partial charge in [-0.1, -0.05) is 37.1 Å². The highest BCUT2D eigenvalue weighted by molar-refractivity contribution is 6.07. The van der Waals surface area contributed by atoms with Crippen LogP contribution < -0.4 is 10.6 Å². The average molecular weight is 373 g/mol. The molecule has 1 heterocycles. The topological polar surface area (TPSA) is 87.7 Å². The van der Waals surface area contributed by atoms with Gasteiger partial charge in [0.2, 0.25) is 5.91 Å². The number of imide groups is 1. The summed E-state index contributed by atoms with van der Waals surface area (Å²) >= 11 is 0. The zero-order chi connectivity index (χ0) is 19.3. The molecular formula is C20H27N3O4. The van der Waals surface area contributed by atoms with E-state index in [2.05, 4.69) is 10.6 Å². The fraction of sp³-hybridized carbons (Fsp3) is 0.550. The smallest absolute Gasteiger partial charge is 0.325 e. The van der Waals surface area contributed by atoms with Crippen molar-refractivity contribution in [1.29, 1.82) is 0 Å². The van der Waals surface area contributed by atoms with Crippen molar-refractivity contribution >= 4 is 17.8 Å². The Labute approximate surface area is 159 Å². The van der Waals surface area contributed by atoms with Crippen LogP contribution in [0.3, 0.4) is 0 Å². The molecule has 0 bridgehead atoms. The van der Waals surface area contributed by atoms with Crippen molar-refractivity contribution < 1.29 is 19.1 Å². The highest BCUT2D eigenvalue weighted by atomic mass is 16.5. The standard InChI is InChI=1S/C20H27N3O4/c1-27-14-16-7-4-6-15(12-16)13-21-17(24)8-5-11-23-18(25)20(22-19(23)26)9-2-3-10-20/h4,6-7,12H,2-3,5,8-11,13-14H2,1H3,(H,21,24)(H,22,26). The van der Waals surface area contributed by atoms with E-state index in [0.717, 1.165) is 36.8 Å². The summed E-state index contributed by atoms with van der Waals surface area (Å²) in [7, 11) is 1.65. The number of hydrogen-bond acceptors (Lipinski definition) is 4. The monoisotopic (exact) mass is 373 g/mol. The van der Waals surface area contributed by atoms with Crippen molar-refractivity contribution in [2.24, 2.45) is 0 Å². The third kappa shape index (κ3) is 4.47. The summed E-state index contributed by atoms with van der Waals surface area (Å²) in [4.78, 5) is 38.0. The molecule has 0 aromatic heterocycles. The second-order valence-electron chi connectivity index (χ2n) is 7.31. The van der Waals surface area contributed by atoms with Crippen molar-refractivity contribution in [2.75, 3.05) is 13.7 Å². The number of urea groups is 1. The van der Waals surface area contributed by atoms with Crippen LogP contribution in [0.1, 0.15) is 49.7 Å². The van der Waals surface area contributed by atoms with E-state index in [-0.39, 0.29) is 30.8 Å². The molecule has 1 spiro atoms. The van der Waals surface area contributed by atoms with Gasteiger partial charge in [0, 0.05) is 26.6 Å². The molecular weight excluding hydrogens is 346 g/mol. The van der Waals surface area contributed by atoms with E-state index in [1.54, 1.807) is 7.11 Å². The van der Waals surface area contributed by atoms with E-state index in [4.69, 9.17) is 4.74 Å². The van der Waals surface area contributed by atoms with Crippen molar-refractivity contribution in [3.8, 4) is 0 Å². The maximum Gasteiger partial charge on any atom is 0.325 e. The number of carbonyl (C=O) groups excluding carboxylic acids is 3. The van der Waals surface area contributed by atoms with Gasteiger partial charge in [-0.15, -0.1) is 0 Å². The second-order valence-corrected chi connectivity index (χ2v) is 7.31. The Kier molecular flexibility index (Phi) is 6.11. The Morgan fingerprint density at radius 3 is 2.74 bits per heavy atom. The predicted molar refractivity (Wildman–Crippen MR) is 99.7 cm³/mol. The van der Waals surface area contributed by atoms with E-state index in [1.165, 1.54) is 4.90 Å². The summed E-state index contributed by atoms with van der Waals surface area (Å²) in [6.45, 7) is 1.26. The molecule has 0 atom stereocenters. The van der Waals surface area contributed by atoms with Crippen molar-refractivity contribution in [3.63, 3.8) is 0 Å². The maximum atomic E-state index is 12.5. The molecule has 1 aromatic rings. The van der Waals surface area contributed by atoms with Crippen LogP contribution in [0.15, 0.2) is 24.3 Å². The highest BCUT2D eigenvalue weighted by Crippen LogP contribution is 2.35. The predicted octanol–water partition coefficient (Wildman–Crippen LogP) is 2.09. The quantitative estimate of drug-likeness (QED) is 0.683. The molecule has 2 aliphatic rings. The Bertz CT molecular complexity index is 713. The van der Waals surface area contributed by atoms with Crippen molar-refractivity contribution in [3.05, 3.63) is 35.4 Å². The number of carbonyl (C=O) groups is 3. The number of amides is 4. The van der Waals surface area contributed by atoms with Crippen molar-refractivity contribution in [1.82, 2.24) is 15.5 Å². The fourth-order valence-corrected chi connectivity index (χ4v) is 3.88. The summed E-state index contributed by atoms with van der Waals surface area (Å²) in [6.07, 6.45) is 4.11. The lowest BCUT2D eigenvalue weighted by Crippen LogP contribution is -2.44. The van der Waals surface area contributed by atoms with Crippen LogP contribution in [-0.4, -0.2) is 41.9 Å². The number of ether oxygens (including phenoxy) is 1. The molecule has 1 aromatic carbocycles. The Morgan fingerprint density at radius 1 is 1.26 bits per heavy atom. The summed E-state index contributed by atoms with van der Waals surface area (Å²) < 4.78 is 5.11. The lowest BCUT2D eigenvalue weighted by Gasteiger charge is -2.19. The molecule has 0 unspecified atom stereocenters. The van der Waals surface area contributed by atoms with E-state index in [9.17, 15) is 14.4 Å². The number of nitrogens with zero attached hydrogens (tertiary/aromatic N) is 1. The Balaban J connectivity index is 1.41. The van der Waals surface area contributed by atoms with Gasteiger partial charge in [0.25, 0.3) is 5.91 Å². The maximum absolute atomic E-state index is 12.5. The lowest BCUT2D eigenvalue weighted by molar-refractivity contribution is -0.131. The van der Waals surface area contributed by atoms with Crippen LogP contribution in [0.4, 0.5) is 4.79 Å². The van der Waals surface area contributed by atoms with Gasteiger partial charge in [0.15, 0.2) is 0 Å². The van der Waals surface area contributed by atoms with Gasteiger partial charge in [0.1, 0.15) is 5.54 Å². The average Bonchev–Trinajstić information content (AvgIpc) is 3.21. The lowest BCUT2D eigenvalue weighted by atomic mass is 9.98. The van der Waals surface area contributed by atoms with Crippen molar-refractivity contribution in [2.45, 2.75) is 57.2 Å². The third-order valence-corrected chi connectivity index (χ3v) is 5.28. The molecule has 7 nitrogen and oxygen atoms in total. The van der Waals surface area contributed by atoms with E-state index < -0.39 is 5.54 Å². The summed E-state index contributed by atoms with van der Waals surface area (Å²) in [6, 6.07) is 7.54. The first-order chi connectivity index (χ1) is 13.0. The normalized spacial score (nSPS) is 18.2. The van der Waals surface area contributed by atoms with Gasteiger partial charge in [-0.05, 0) is 30.4 Å². The molecule has 4 amide bonds. The van der Waals surface area contributed by atoms with E-state index >= 15 is 0 Å². The molecule has 1 aliphatic carbocycles. The van der Waals surface area contributed by atoms with E-state index in [0.29, 0.717) is 19.6 Å². The van der Waals surface area contributed by atoms with Gasteiger partial charge in [-0.3, -0.25) is 14.5 Å². The number of benzene rings is 1. The zero-order valence-corrected chi connectivity index (χ0v) is 15.8. The molecule has 3 rings (SSSR count). The largest absolute Gasteiger partial charge is 0.380 e. The molecule has 0 radical (unpaired) electrons. The zero-order valence-electron chi connectivity index (χ0n) is 15.8. The SMILES string of the molecule is COCc1cccc(CNC(=O)CCCN2C(=O)NC3(CCCC3)C2=O)c1. The fourth-order valence-electron chi connectivity index (χ4n) is 3.88. The van der Waals surface area contributed by atoms with Crippen LogP contribution in [0.25, 0.3) is 0 Å². The number of hydrogen-bond donors (Lipinski definition) is 2. The van der Waals surface area contributed by atoms with Crippen LogP contribution in [0.2, 0.25) is 0 Å². The minimum absolute atomic E-state index is 0.0882. The summed E-state index contributed by atoms with van der Waals surface area (Å²) in [5, 5.41) is 5.74. The number of rotatable bonds is 8. The molecule has 146 valence electrons. The van der Waals surface area contributed by atoms with Gasteiger partial charge in [-0.2, -0.15) is 0 Å². The number of methoxy groups -OCH3 is 1. The second kappa shape index (κ2) is 8.52. The minimum atomic E-state index is -0.674. The van der Waals surface area contributed by atoms with Gasteiger partial charge in [-0.25, -0.2) is 4.79 Å². The molecule has 2 N–H and O–H groups in total. The van der Waals surface area contributed by atoms with Crippen LogP contribution in [0.5, 0.6) is 0 Å². The summed E-state index contributed by atoms with van der Waals surface area (Å²) in [5.41, 5.74) is 1.39. The number of nitrogens with one attached hydrogen (secondary N) is 2. The highest BCUT2D eigenvalue weighted by Gasteiger charge is 2.51. The molecule has 1 aliphatic heterocycles. The minimum Gasteiger partial charge on any atom is -0.380 e. The van der Waals surface area contributed by atoms with Crippen LogP contribution in [-0.2, 0) is 27.5 Å². The first-order valence-electron chi connectivity index (χ1n) is 9.52. The van der Waals surface area contributed by atoms with E-state index in [1.807, 2.05) is 24.3 Å². The molecule has 7 heteroatoms. The van der Waals surface area contributed by atoms with Crippen LogP contribution >= 0.6 is 0 Å². The van der Waals surface area contributed by atoms with Gasteiger partial charge < -0.3 is 15.4 Å².